The van der Waals surface area contributed by atoms with Crippen molar-refractivity contribution in [3.05, 3.63) is 0 Å². The summed E-state index contributed by atoms with van der Waals surface area (Å²) in [5.41, 5.74) is -0.338. The van der Waals surface area contributed by atoms with Gasteiger partial charge in [0.25, 0.3) is 10.2 Å². The number of hydrogen-bond donors (Lipinski definition) is 1. The first kappa shape index (κ1) is 18.9. The molecule has 126 valence electrons. The van der Waals surface area contributed by atoms with E-state index in [4.69, 9.17) is 0 Å². The van der Waals surface area contributed by atoms with Crippen LogP contribution in [0.4, 0.5) is 0 Å². The van der Waals surface area contributed by atoms with E-state index in [0.717, 1.165) is 25.8 Å². The van der Waals surface area contributed by atoms with Crippen LogP contribution >= 0.6 is 0 Å². The summed E-state index contributed by atoms with van der Waals surface area (Å²) >= 11 is 0. The van der Waals surface area contributed by atoms with Crippen molar-refractivity contribution in [3.63, 3.8) is 0 Å². The fraction of sp³-hybridized carbons (Fsp3) is 1.00. The van der Waals surface area contributed by atoms with Gasteiger partial charge in [-0.25, -0.2) is 0 Å². The molecule has 0 bridgehead atoms. The van der Waals surface area contributed by atoms with Crippen LogP contribution in [-0.2, 0) is 10.2 Å². The molecule has 0 aliphatic carbocycles. The molecule has 5 nitrogen and oxygen atoms in total. The van der Waals surface area contributed by atoms with E-state index >= 15 is 0 Å². The number of nitrogens with zero attached hydrogens (tertiary/aromatic N) is 2. The number of hydrogen-bond acceptors (Lipinski definition) is 3. The van der Waals surface area contributed by atoms with Gasteiger partial charge in [0.15, 0.2) is 0 Å². The van der Waals surface area contributed by atoms with Gasteiger partial charge in [0.2, 0.25) is 0 Å². The molecule has 1 heterocycles. The van der Waals surface area contributed by atoms with Crippen LogP contribution in [0.5, 0.6) is 0 Å². The first-order chi connectivity index (χ1) is 9.61. The fourth-order valence-electron chi connectivity index (χ4n) is 2.45. The van der Waals surface area contributed by atoms with Gasteiger partial charge in [0.1, 0.15) is 0 Å². The first-order valence-electron chi connectivity index (χ1n) is 8.08. The van der Waals surface area contributed by atoms with E-state index in [1.807, 2.05) is 20.8 Å². The van der Waals surface area contributed by atoms with Crippen molar-refractivity contribution in [3.8, 4) is 0 Å². The van der Waals surface area contributed by atoms with Crippen molar-refractivity contribution in [1.82, 2.24) is 13.9 Å². The molecule has 1 aliphatic heterocycles. The average molecular weight is 320 g/mol. The van der Waals surface area contributed by atoms with Gasteiger partial charge in [-0.3, -0.25) is 0 Å². The second kappa shape index (κ2) is 7.40. The van der Waals surface area contributed by atoms with Crippen molar-refractivity contribution in [2.45, 2.75) is 65.5 Å². The molecule has 1 saturated heterocycles. The van der Waals surface area contributed by atoms with Gasteiger partial charge >= 0.3 is 0 Å². The molecule has 0 aromatic carbocycles. The predicted octanol–water partition coefficient (Wildman–Crippen LogP) is 2.06. The van der Waals surface area contributed by atoms with Crippen LogP contribution in [-0.4, -0.2) is 55.3 Å². The Labute approximate surface area is 131 Å². The zero-order valence-corrected chi connectivity index (χ0v) is 15.3. The Hall–Kier alpha value is -0.170. The highest BCUT2D eigenvalue weighted by molar-refractivity contribution is 7.86. The van der Waals surface area contributed by atoms with Gasteiger partial charge in [0.05, 0.1) is 0 Å². The topological polar surface area (TPSA) is 52.7 Å². The van der Waals surface area contributed by atoms with Gasteiger partial charge in [-0.15, -0.1) is 0 Å². The highest BCUT2D eigenvalue weighted by Gasteiger charge is 2.37. The molecular weight excluding hydrogens is 286 g/mol. The van der Waals surface area contributed by atoms with Crippen molar-refractivity contribution < 1.29 is 8.42 Å². The highest BCUT2D eigenvalue weighted by Crippen LogP contribution is 2.26. The molecule has 0 spiro atoms. The second-order valence-electron chi connectivity index (χ2n) is 7.05. The lowest BCUT2D eigenvalue weighted by molar-refractivity contribution is 0.210. The largest absolute Gasteiger partial charge is 0.314 e. The molecule has 1 N–H and O–H groups in total. The molecule has 6 heteroatoms. The molecule has 0 aromatic heterocycles. The summed E-state index contributed by atoms with van der Waals surface area (Å²) in [6.07, 6.45) is 2.69. The number of rotatable bonds is 7. The summed E-state index contributed by atoms with van der Waals surface area (Å²) < 4.78 is 28.6. The van der Waals surface area contributed by atoms with E-state index in [2.05, 4.69) is 19.2 Å². The number of piperidine rings is 1. The van der Waals surface area contributed by atoms with E-state index in [1.165, 1.54) is 4.31 Å². The Balaban J connectivity index is 2.60. The zero-order chi connectivity index (χ0) is 16.3. The van der Waals surface area contributed by atoms with Crippen LogP contribution in [0.1, 0.15) is 53.9 Å². The Morgan fingerprint density at radius 1 is 1.29 bits per heavy atom. The third-order valence-electron chi connectivity index (χ3n) is 4.78. The molecule has 0 saturated carbocycles. The average Bonchev–Trinajstić information content (AvgIpc) is 2.44. The maximum absolute atomic E-state index is 12.7. The van der Waals surface area contributed by atoms with Crippen LogP contribution in [0, 0.1) is 5.92 Å². The van der Waals surface area contributed by atoms with Crippen LogP contribution in [0.3, 0.4) is 0 Å². The highest BCUT2D eigenvalue weighted by atomic mass is 32.2. The predicted molar refractivity (Wildman–Crippen MR) is 88.5 cm³/mol. The molecule has 1 rings (SSSR count). The Kier molecular flexibility index (Phi) is 6.65. The lowest BCUT2D eigenvalue weighted by atomic mass is 9.98. The minimum atomic E-state index is -3.34. The smallest absolute Gasteiger partial charge is 0.282 e. The first-order valence-corrected chi connectivity index (χ1v) is 9.48. The summed E-state index contributed by atoms with van der Waals surface area (Å²) in [5.74, 6) is 0.586. The molecule has 0 amide bonds. The minimum Gasteiger partial charge on any atom is -0.314 e. The van der Waals surface area contributed by atoms with Crippen LogP contribution in [0.15, 0.2) is 0 Å². The van der Waals surface area contributed by atoms with Crippen molar-refractivity contribution >= 4 is 10.2 Å². The van der Waals surface area contributed by atoms with Crippen molar-refractivity contribution in [2.75, 3.05) is 26.7 Å². The molecule has 0 aromatic rings. The third kappa shape index (κ3) is 4.91. The standard InChI is InChI=1S/C15H33N3O2S/c1-7-15(4,5)17(6)21(19,20)18-10-8-14(9-11-18)12-16-13(2)3/h13-14,16H,7-12H2,1-6H3. The van der Waals surface area contributed by atoms with E-state index in [0.29, 0.717) is 25.0 Å². The van der Waals surface area contributed by atoms with Gasteiger partial charge in [0, 0.05) is 31.7 Å². The quantitative estimate of drug-likeness (QED) is 0.781. The van der Waals surface area contributed by atoms with E-state index in [-0.39, 0.29) is 5.54 Å². The fourth-order valence-corrected chi connectivity index (χ4v) is 4.23. The van der Waals surface area contributed by atoms with Crippen LogP contribution in [0.25, 0.3) is 0 Å². The lowest BCUT2D eigenvalue weighted by Gasteiger charge is -2.39. The van der Waals surface area contributed by atoms with Gasteiger partial charge in [-0.1, -0.05) is 20.8 Å². The molecule has 1 fully saturated rings. The van der Waals surface area contributed by atoms with E-state index in [9.17, 15) is 8.42 Å². The summed E-state index contributed by atoms with van der Waals surface area (Å²) in [6, 6.07) is 0.489. The molecule has 1 aliphatic rings. The molecule has 21 heavy (non-hydrogen) atoms. The monoisotopic (exact) mass is 319 g/mol. The normalized spacial score (nSPS) is 19.6. The minimum absolute atomic E-state index is 0.338. The second-order valence-corrected chi connectivity index (χ2v) is 9.01. The molecule has 0 radical (unpaired) electrons. The van der Waals surface area contributed by atoms with Crippen molar-refractivity contribution in [1.29, 1.82) is 0 Å². The van der Waals surface area contributed by atoms with E-state index < -0.39 is 10.2 Å². The zero-order valence-electron chi connectivity index (χ0n) is 14.5. The summed E-state index contributed by atoms with van der Waals surface area (Å²) in [4.78, 5) is 0. The Bertz CT molecular complexity index is 413. The van der Waals surface area contributed by atoms with Crippen LogP contribution < -0.4 is 5.32 Å². The van der Waals surface area contributed by atoms with Gasteiger partial charge in [-0.05, 0) is 45.6 Å². The molecule has 0 unspecified atom stereocenters. The molecule has 0 atom stereocenters. The number of nitrogens with one attached hydrogen (secondary N) is 1. The summed E-state index contributed by atoms with van der Waals surface area (Å²) in [6.45, 7) is 12.5. The Morgan fingerprint density at radius 3 is 2.24 bits per heavy atom. The summed E-state index contributed by atoms with van der Waals surface area (Å²) in [5, 5.41) is 3.45. The van der Waals surface area contributed by atoms with E-state index in [1.54, 1.807) is 11.4 Å². The SMILES string of the molecule is CCC(C)(C)N(C)S(=O)(=O)N1CCC(CNC(C)C)CC1. The third-order valence-corrected chi connectivity index (χ3v) is 6.98. The van der Waals surface area contributed by atoms with Gasteiger partial charge in [-0.2, -0.15) is 17.0 Å². The lowest BCUT2D eigenvalue weighted by Crippen LogP contribution is -2.53. The summed E-state index contributed by atoms with van der Waals surface area (Å²) in [7, 11) is -1.64. The maximum atomic E-state index is 12.7. The van der Waals surface area contributed by atoms with Crippen LogP contribution in [0.2, 0.25) is 0 Å². The maximum Gasteiger partial charge on any atom is 0.282 e. The van der Waals surface area contributed by atoms with Crippen molar-refractivity contribution in [2.24, 2.45) is 5.92 Å². The molecular formula is C15H33N3O2S. The van der Waals surface area contributed by atoms with Gasteiger partial charge < -0.3 is 5.32 Å². The Morgan fingerprint density at radius 2 is 1.81 bits per heavy atom.